The summed E-state index contributed by atoms with van der Waals surface area (Å²) in [5.74, 6) is -0.315. The van der Waals surface area contributed by atoms with Gasteiger partial charge in [-0.3, -0.25) is 9.59 Å². The van der Waals surface area contributed by atoms with E-state index in [0.29, 0.717) is 30.3 Å². The molecule has 1 aliphatic rings. The first-order chi connectivity index (χ1) is 13.5. The maximum atomic E-state index is 12.4. The molecule has 0 spiro atoms. The van der Waals surface area contributed by atoms with E-state index in [0.717, 1.165) is 5.56 Å². The fourth-order valence-electron chi connectivity index (χ4n) is 2.83. The monoisotopic (exact) mass is 383 g/mol. The molecule has 2 aromatic carbocycles. The highest BCUT2D eigenvalue weighted by atomic mass is 16.6. The molecule has 1 atom stereocenters. The van der Waals surface area contributed by atoms with Gasteiger partial charge < -0.3 is 19.5 Å². The lowest BCUT2D eigenvalue weighted by Gasteiger charge is -2.19. The van der Waals surface area contributed by atoms with E-state index < -0.39 is 18.6 Å². The molecule has 1 amide bonds. The molecule has 0 unspecified atom stereocenters. The number of hydrogen-bond donors (Lipinski definition) is 1. The maximum Gasteiger partial charge on any atom is 0.329 e. The third-order valence-corrected chi connectivity index (χ3v) is 4.15. The van der Waals surface area contributed by atoms with Crippen LogP contribution in [0.4, 0.5) is 0 Å². The number of esters is 1. The third kappa shape index (κ3) is 5.09. The highest BCUT2D eigenvalue weighted by molar-refractivity contribution is 5.98. The molecule has 0 aliphatic carbocycles. The molecule has 1 heterocycles. The first-order valence-corrected chi connectivity index (χ1v) is 8.93. The Kier molecular flexibility index (Phi) is 6.26. The van der Waals surface area contributed by atoms with Crippen molar-refractivity contribution in [2.45, 2.75) is 19.4 Å². The van der Waals surface area contributed by atoms with Crippen LogP contribution in [0.3, 0.4) is 0 Å². The van der Waals surface area contributed by atoms with Crippen molar-refractivity contribution in [3.05, 3.63) is 59.7 Å². The maximum absolute atomic E-state index is 12.4. The molecule has 146 valence electrons. The van der Waals surface area contributed by atoms with Crippen molar-refractivity contribution in [1.82, 2.24) is 5.32 Å². The summed E-state index contributed by atoms with van der Waals surface area (Å²) in [4.78, 5) is 36.2. The minimum Gasteiger partial charge on any atom is -0.486 e. The smallest absolute Gasteiger partial charge is 0.329 e. The summed E-state index contributed by atoms with van der Waals surface area (Å²) < 4.78 is 16.0. The summed E-state index contributed by atoms with van der Waals surface area (Å²) in [5, 5.41) is 2.57. The molecule has 2 aromatic rings. The Morgan fingerprint density at radius 3 is 2.46 bits per heavy atom. The Morgan fingerprint density at radius 1 is 1.04 bits per heavy atom. The Morgan fingerprint density at radius 2 is 1.75 bits per heavy atom. The zero-order chi connectivity index (χ0) is 19.9. The van der Waals surface area contributed by atoms with E-state index in [1.165, 1.54) is 6.92 Å². The van der Waals surface area contributed by atoms with E-state index in [1.807, 2.05) is 30.3 Å². The Balaban J connectivity index is 1.61. The topological polar surface area (TPSA) is 90.9 Å². The van der Waals surface area contributed by atoms with Gasteiger partial charge in [-0.05, 0) is 23.8 Å². The molecular weight excluding hydrogens is 362 g/mol. The zero-order valence-corrected chi connectivity index (χ0v) is 15.5. The second-order valence-corrected chi connectivity index (χ2v) is 6.33. The van der Waals surface area contributed by atoms with Crippen LogP contribution in [-0.4, -0.2) is 43.5 Å². The van der Waals surface area contributed by atoms with Crippen LogP contribution in [0.2, 0.25) is 0 Å². The molecule has 0 radical (unpaired) electrons. The van der Waals surface area contributed by atoms with Crippen LogP contribution < -0.4 is 14.8 Å². The summed E-state index contributed by atoms with van der Waals surface area (Å²) in [6.45, 7) is 1.77. The summed E-state index contributed by atoms with van der Waals surface area (Å²) in [6, 6.07) is 13.2. The zero-order valence-electron chi connectivity index (χ0n) is 15.5. The number of ether oxygens (including phenoxy) is 3. The van der Waals surface area contributed by atoms with Gasteiger partial charge in [0.25, 0.3) is 0 Å². The number of amides is 1. The number of benzene rings is 2. The van der Waals surface area contributed by atoms with E-state index in [1.54, 1.807) is 18.2 Å². The highest BCUT2D eigenvalue weighted by Crippen LogP contribution is 2.30. The lowest BCUT2D eigenvalue weighted by molar-refractivity contribution is -0.146. The SMILES string of the molecule is CC(=O)N[C@H](Cc1ccccc1)C(=O)OCC(=O)c1ccc2c(c1)OCCO2. The summed E-state index contributed by atoms with van der Waals surface area (Å²) in [6.07, 6.45) is 0.275. The molecule has 0 fully saturated rings. The van der Waals surface area contributed by atoms with Crippen molar-refractivity contribution < 1.29 is 28.6 Å². The van der Waals surface area contributed by atoms with Crippen LogP contribution in [0.25, 0.3) is 0 Å². The van der Waals surface area contributed by atoms with E-state index in [9.17, 15) is 14.4 Å². The van der Waals surface area contributed by atoms with Gasteiger partial charge in [0.05, 0.1) is 0 Å². The molecule has 3 rings (SSSR count). The van der Waals surface area contributed by atoms with E-state index in [4.69, 9.17) is 14.2 Å². The quantitative estimate of drug-likeness (QED) is 0.580. The molecular formula is C21H21NO6. The van der Waals surface area contributed by atoms with Gasteiger partial charge in [-0.25, -0.2) is 4.79 Å². The number of Topliss-reactive ketones (excluding diaryl/α,β-unsaturated/α-hetero) is 1. The van der Waals surface area contributed by atoms with Crippen LogP contribution in [0.15, 0.2) is 48.5 Å². The number of nitrogens with one attached hydrogen (secondary N) is 1. The number of carbonyl (C=O) groups is 3. The Hall–Kier alpha value is -3.35. The predicted octanol–water partition coefficient (Wildman–Crippen LogP) is 1.93. The minimum absolute atomic E-state index is 0.275. The largest absolute Gasteiger partial charge is 0.486 e. The predicted molar refractivity (Wildman–Crippen MR) is 100 cm³/mol. The lowest BCUT2D eigenvalue weighted by Crippen LogP contribution is -2.42. The molecule has 0 bridgehead atoms. The Bertz CT molecular complexity index is 864. The van der Waals surface area contributed by atoms with Crippen LogP contribution >= 0.6 is 0 Å². The second kappa shape index (κ2) is 9.03. The van der Waals surface area contributed by atoms with Crippen LogP contribution in [-0.2, 0) is 20.7 Å². The van der Waals surface area contributed by atoms with Crippen molar-refractivity contribution in [3.8, 4) is 11.5 Å². The minimum atomic E-state index is -0.868. The normalized spacial score (nSPS) is 13.3. The average molecular weight is 383 g/mol. The lowest BCUT2D eigenvalue weighted by atomic mass is 10.1. The van der Waals surface area contributed by atoms with Gasteiger partial charge in [0, 0.05) is 18.9 Å². The van der Waals surface area contributed by atoms with Crippen molar-refractivity contribution >= 4 is 17.7 Å². The van der Waals surface area contributed by atoms with Gasteiger partial charge in [-0.15, -0.1) is 0 Å². The van der Waals surface area contributed by atoms with E-state index in [-0.39, 0.29) is 18.1 Å². The third-order valence-electron chi connectivity index (χ3n) is 4.15. The number of hydrogen-bond acceptors (Lipinski definition) is 6. The van der Waals surface area contributed by atoms with Crippen molar-refractivity contribution in [2.24, 2.45) is 0 Å². The van der Waals surface area contributed by atoms with Crippen molar-refractivity contribution in [2.75, 3.05) is 19.8 Å². The van der Waals surface area contributed by atoms with Crippen LogP contribution in [0.1, 0.15) is 22.8 Å². The highest BCUT2D eigenvalue weighted by Gasteiger charge is 2.23. The number of rotatable bonds is 7. The summed E-state index contributed by atoms with van der Waals surface area (Å²) >= 11 is 0. The van der Waals surface area contributed by atoms with Gasteiger partial charge in [0.15, 0.2) is 23.9 Å². The fraction of sp³-hybridized carbons (Fsp3) is 0.286. The van der Waals surface area contributed by atoms with Crippen molar-refractivity contribution in [1.29, 1.82) is 0 Å². The van der Waals surface area contributed by atoms with Gasteiger partial charge in [0.2, 0.25) is 5.91 Å². The summed E-state index contributed by atoms with van der Waals surface area (Å²) in [7, 11) is 0. The summed E-state index contributed by atoms with van der Waals surface area (Å²) in [5.41, 5.74) is 1.23. The van der Waals surface area contributed by atoms with Gasteiger partial charge in [-0.1, -0.05) is 30.3 Å². The molecule has 1 aliphatic heterocycles. The molecule has 0 saturated heterocycles. The van der Waals surface area contributed by atoms with Gasteiger partial charge >= 0.3 is 5.97 Å². The number of ketones is 1. The molecule has 7 heteroatoms. The molecule has 0 saturated carbocycles. The van der Waals surface area contributed by atoms with Crippen LogP contribution in [0, 0.1) is 0 Å². The number of fused-ring (bicyclic) bond motifs is 1. The second-order valence-electron chi connectivity index (χ2n) is 6.33. The van der Waals surface area contributed by atoms with Gasteiger partial charge in [0.1, 0.15) is 19.3 Å². The standard InChI is InChI=1S/C21H21NO6/c1-14(23)22-17(11-15-5-3-2-4-6-15)21(25)28-13-18(24)16-7-8-19-20(12-16)27-10-9-26-19/h2-8,12,17H,9-11,13H2,1H3,(H,22,23)/t17-/m1/s1. The first-order valence-electron chi connectivity index (χ1n) is 8.93. The van der Waals surface area contributed by atoms with Crippen LogP contribution in [0.5, 0.6) is 11.5 Å². The van der Waals surface area contributed by atoms with Crippen molar-refractivity contribution in [3.63, 3.8) is 0 Å². The fourth-order valence-corrected chi connectivity index (χ4v) is 2.83. The molecule has 28 heavy (non-hydrogen) atoms. The molecule has 1 N–H and O–H groups in total. The Labute approximate surface area is 162 Å². The molecule has 7 nitrogen and oxygen atoms in total. The first kappa shape index (κ1) is 19.4. The number of carbonyl (C=O) groups excluding carboxylic acids is 3. The van der Waals surface area contributed by atoms with E-state index in [2.05, 4.69) is 5.32 Å². The average Bonchev–Trinajstić information content (AvgIpc) is 2.71. The molecule has 0 aromatic heterocycles. The van der Waals surface area contributed by atoms with Gasteiger partial charge in [-0.2, -0.15) is 0 Å². The van der Waals surface area contributed by atoms with E-state index >= 15 is 0 Å².